The smallest absolute Gasteiger partial charge is 0.332 e. The third-order valence-electron chi connectivity index (χ3n) is 7.67. The van der Waals surface area contributed by atoms with Crippen molar-refractivity contribution in [1.82, 2.24) is 19.9 Å². The molecule has 4 aromatic rings. The molecule has 0 amide bonds. The number of carboxylic acid groups (broad SMARTS) is 1. The molecule has 2 aliphatic heterocycles. The Morgan fingerprint density at radius 3 is 2.50 bits per heavy atom. The number of aromatic nitrogens is 3. The molecule has 2 aromatic heterocycles. The van der Waals surface area contributed by atoms with Crippen LogP contribution in [0.15, 0.2) is 54.6 Å². The van der Waals surface area contributed by atoms with E-state index in [9.17, 15) is 9.90 Å². The van der Waals surface area contributed by atoms with Gasteiger partial charge in [-0.3, -0.25) is 4.90 Å². The number of carbonyl (C=O) groups is 1. The molecule has 10 nitrogen and oxygen atoms in total. The Hall–Kier alpha value is -3.54. The Morgan fingerprint density at radius 1 is 1.07 bits per heavy atom. The van der Waals surface area contributed by atoms with Crippen LogP contribution >= 0.6 is 11.6 Å². The van der Waals surface area contributed by atoms with Gasteiger partial charge in [0.1, 0.15) is 6.10 Å². The molecule has 2 aliphatic rings. The summed E-state index contributed by atoms with van der Waals surface area (Å²) >= 11 is 6.61. The van der Waals surface area contributed by atoms with Crippen molar-refractivity contribution in [2.75, 3.05) is 39.5 Å². The molecule has 0 bridgehead atoms. The van der Waals surface area contributed by atoms with Crippen molar-refractivity contribution in [3.05, 3.63) is 65.2 Å². The fraction of sp³-hybridized carbons (Fsp3) is 0.387. The Morgan fingerprint density at radius 2 is 1.79 bits per heavy atom. The number of imidazole rings is 1. The van der Waals surface area contributed by atoms with E-state index in [2.05, 4.69) is 56.3 Å². The van der Waals surface area contributed by atoms with Crippen molar-refractivity contribution in [2.45, 2.75) is 31.6 Å². The largest absolute Gasteiger partial charge is 0.479 e. The lowest BCUT2D eigenvalue weighted by molar-refractivity contribution is -0.156. The molecule has 6 rings (SSSR count). The molecule has 0 spiro atoms. The number of halogens is 1. The molecule has 0 radical (unpaired) electrons. The van der Waals surface area contributed by atoms with E-state index in [-0.39, 0.29) is 25.1 Å². The minimum Gasteiger partial charge on any atom is -0.479 e. The van der Waals surface area contributed by atoms with Crippen LogP contribution in [0.2, 0.25) is 5.02 Å². The highest BCUT2D eigenvalue weighted by atomic mass is 35.5. The van der Waals surface area contributed by atoms with E-state index in [4.69, 9.17) is 30.9 Å². The van der Waals surface area contributed by atoms with Crippen LogP contribution in [0.25, 0.3) is 33.5 Å². The van der Waals surface area contributed by atoms with Gasteiger partial charge in [-0.1, -0.05) is 60.1 Å². The fourth-order valence-electron chi connectivity index (χ4n) is 5.46. The molecule has 220 valence electrons. The molecule has 0 unspecified atom stereocenters. The van der Waals surface area contributed by atoms with Crippen LogP contribution in [-0.2, 0) is 20.8 Å². The minimum atomic E-state index is -0.993. The van der Waals surface area contributed by atoms with E-state index >= 15 is 0 Å². The summed E-state index contributed by atoms with van der Waals surface area (Å²) in [5, 5.41) is 18.5. The average Bonchev–Trinajstić information content (AvgIpc) is 3.36. The van der Waals surface area contributed by atoms with Gasteiger partial charge in [0.15, 0.2) is 11.8 Å². The van der Waals surface area contributed by atoms with Crippen molar-refractivity contribution < 1.29 is 29.2 Å². The number of nitrogens with one attached hydrogen (secondary N) is 1. The highest BCUT2D eigenvalue weighted by Gasteiger charge is 2.30. The van der Waals surface area contributed by atoms with Crippen LogP contribution in [0, 0.1) is 5.92 Å². The standard InChI is InChI=1S/C31H33ClN4O6/c32-25-14-26-29(35-31(33-26)42-24-9-11-41-27(13-24)30(38)39)34-28(25)23-7-5-22(6-8-23)21-3-1-19(2-4-21)15-36-16-20(17-36)18-40-12-10-37/h1-8,14,20,24,27,37H,9-13,15-18H2,(H,38,39)(H,33,34,35)/t24-,27+/m1/s1. The zero-order chi connectivity index (χ0) is 29.1. The van der Waals surface area contributed by atoms with Crippen molar-refractivity contribution >= 4 is 28.7 Å². The van der Waals surface area contributed by atoms with Gasteiger partial charge >= 0.3 is 5.97 Å². The van der Waals surface area contributed by atoms with Crippen molar-refractivity contribution in [2.24, 2.45) is 5.92 Å². The van der Waals surface area contributed by atoms with Crippen LogP contribution in [-0.4, -0.2) is 87.8 Å². The van der Waals surface area contributed by atoms with E-state index in [0.717, 1.165) is 36.3 Å². The number of aromatic amines is 1. The number of hydrogen-bond donors (Lipinski definition) is 3. The van der Waals surface area contributed by atoms with Gasteiger partial charge in [-0.05, 0) is 22.8 Å². The maximum absolute atomic E-state index is 11.3. The number of aliphatic carboxylic acids is 1. The lowest BCUT2D eigenvalue weighted by Crippen LogP contribution is -2.48. The summed E-state index contributed by atoms with van der Waals surface area (Å²) in [6, 6.07) is 18.8. The highest BCUT2D eigenvalue weighted by Crippen LogP contribution is 2.32. The molecular formula is C31H33ClN4O6. The zero-order valence-corrected chi connectivity index (χ0v) is 23.8. The molecule has 0 saturated carbocycles. The molecule has 2 fully saturated rings. The van der Waals surface area contributed by atoms with E-state index in [1.165, 1.54) is 5.56 Å². The van der Waals surface area contributed by atoms with Gasteiger partial charge in [-0.2, -0.15) is 4.98 Å². The van der Waals surface area contributed by atoms with Crippen LogP contribution < -0.4 is 4.74 Å². The molecule has 3 N–H and O–H groups in total. The van der Waals surface area contributed by atoms with Gasteiger partial charge in [0, 0.05) is 44.0 Å². The number of ether oxygens (including phenoxy) is 3. The predicted octanol–water partition coefficient (Wildman–Crippen LogP) is 4.40. The number of hydrogen-bond acceptors (Lipinski definition) is 8. The first kappa shape index (κ1) is 28.6. The summed E-state index contributed by atoms with van der Waals surface area (Å²) in [5.41, 5.74) is 6.10. The number of H-pyrrole nitrogens is 1. The third kappa shape index (κ3) is 6.58. The summed E-state index contributed by atoms with van der Waals surface area (Å²) in [7, 11) is 0. The van der Waals surface area contributed by atoms with E-state index in [1.807, 2.05) is 12.1 Å². The second kappa shape index (κ2) is 12.8. The SMILES string of the molecule is O=C(O)[C@@H]1C[C@H](Oc2nc3nc(-c4ccc(-c5ccc(CN6CC(COCCO)C6)cc5)cc4)c(Cl)cc3[nH]2)CCO1. The average molecular weight is 593 g/mol. The molecule has 0 aliphatic carbocycles. The molecule has 2 saturated heterocycles. The summed E-state index contributed by atoms with van der Waals surface area (Å²) in [5.74, 6) is -0.445. The van der Waals surface area contributed by atoms with Gasteiger partial charge in [-0.15, -0.1) is 0 Å². The number of aliphatic hydroxyl groups excluding tert-OH is 1. The number of aliphatic hydroxyl groups is 1. The number of pyridine rings is 1. The summed E-state index contributed by atoms with van der Waals surface area (Å²) < 4.78 is 16.6. The molecule has 42 heavy (non-hydrogen) atoms. The van der Waals surface area contributed by atoms with E-state index < -0.39 is 12.1 Å². The van der Waals surface area contributed by atoms with Crippen LogP contribution in [0.3, 0.4) is 0 Å². The van der Waals surface area contributed by atoms with Crippen LogP contribution in [0.4, 0.5) is 0 Å². The first-order valence-corrected chi connectivity index (χ1v) is 14.5. The molecule has 2 atom stereocenters. The predicted molar refractivity (Wildman–Crippen MR) is 157 cm³/mol. The Kier molecular flexibility index (Phi) is 8.68. The third-order valence-corrected chi connectivity index (χ3v) is 7.96. The van der Waals surface area contributed by atoms with E-state index in [1.54, 1.807) is 6.07 Å². The van der Waals surface area contributed by atoms with Crippen molar-refractivity contribution in [3.63, 3.8) is 0 Å². The van der Waals surface area contributed by atoms with Crippen LogP contribution in [0.5, 0.6) is 6.01 Å². The van der Waals surface area contributed by atoms with Gasteiger partial charge in [0.05, 0.1) is 42.7 Å². The van der Waals surface area contributed by atoms with Gasteiger partial charge in [0.25, 0.3) is 6.01 Å². The number of rotatable bonds is 11. The first-order valence-electron chi connectivity index (χ1n) is 14.1. The molecule has 4 heterocycles. The zero-order valence-electron chi connectivity index (χ0n) is 23.0. The highest BCUT2D eigenvalue weighted by molar-refractivity contribution is 6.33. The quantitative estimate of drug-likeness (QED) is 0.217. The Labute approximate surface area is 248 Å². The summed E-state index contributed by atoms with van der Waals surface area (Å²) in [6.45, 7) is 4.48. The molecule has 2 aromatic carbocycles. The second-order valence-corrected chi connectivity index (χ2v) is 11.2. The molecule has 11 heteroatoms. The van der Waals surface area contributed by atoms with Crippen molar-refractivity contribution in [1.29, 1.82) is 0 Å². The topological polar surface area (TPSA) is 130 Å². The summed E-state index contributed by atoms with van der Waals surface area (Å²) in [6.07, 6.45) is -0.363. The Balaban J connectivity index is 1.08. The van der Waals surface area contributed by atoms with Gasteiger partial charge < -0.3 is 29.4 Å². The molecular weight excluding hydrogens is 560 g/mol. The number of nitrogens with zero attached hydrogens (tertiary/aromatic N) is 3. The maximum atomic E-state index is 11.3. The van der Waals surface area contributed by atoms with E-state index in [0.29, 0.717) is 54.0 Å². The fourth-order valence-corrected chi connectivity index (χ4v) is 5.73. The lowest BCUT2D eigenvalue weighted by Gasteiger charge is -2.39. The van der Waals surface area contributed by atoms with Crippen LogP contribution in [0.1, 0.15) is 18.4 Å². The normalized spacial score (nSPS) is 19.6. The monoisotopic (exact) mass is 592 g/mol. The van der Waals surface area contributed by atoms with Gasteiger partial charge in [0.2, 0.25) is 0 Å². The minimum absolute atomic E-state index is 0.0745. The number of carboxylic acids is 1. The van der Waals surface area contributed by atoms with Crippen molar-refractivity contribution in [3.8, 4) is 28.4 Å². The number of benzene rings is 2. The second-order valence-electron chi connectivity index (χ2n) is 10.8. The Bertz CT molecular complexity index is 1520. The number of likely N-dealkylation sites (tertiary alicyclic amines) is 1. The summed E-state index contributed by atoms with van der Waals surface area (Å²) in [4.78, 5) is 25.9. The number of fused-ring (bicyclic) bond motifs is 1. The van der Waals surface area contributed by atoms with Gasteiger partial charge in [-0.25, -0.2) is 9.78 Å². The maximum Gasteiger partial charge on any atom is 0.332 e. The first-order chi connectivity index (χ1) is 20.4. The lowest BCUT2D eigenvalue weighted by atomic mass is 9.98.